The molecule has 1 atom stereocenters. The highest BCUT2D eigenvalue weighted by Gasteiger charge is 2.14. The van der Waals surface area contributed by atoms with Crippen LogP contribution in [0.3, 0.4) is 0 Å². The molecule has 0 spiro atoms. The molecule has 0 radical (unpaired) electrons. The fraction of sp³-hybridized carbons (Fsp3) is 0.625. The largest absolute Gasteiger partial charge is 0.493 e. The summed E-state index contributed by atoms with van der Waals surface area (Å²) in [6.45, 7) is 7.59. The zero-order chi connectivity index (χ0) is 15.1. The molecular formula is C16H27NO2S. The lowest BCUT2D eigenvalue weighted by atomic mass is 10.0. The van der Waals surface area contributed by atoms with Crippen LogP contribution < -0.4 is 14.8 Å². The topological polar surface area (TPSA) is 30.5 Å². The first-order chi connectivity index (χ1) is 9.57. The molecule has 114 valence electrons. The normalized spacial score (nSPS) is 12.6. The molecular weight excluding hydrogens is 270 g/mol. The number of rotatable bonds is 8. The van der Waals surface area contributed by atoms with E-state index in [1.165, 1.54) is 10.5 Å². The smallest absolute Gasteiger partial charge is 0.161 e. The van der Waals surface area contributed by atoms with Crippen LogP contribution in [-0.4, -0.2) is 26.5 Å². The summed E-state index contributed by atoms with van der Waals surface area (Å²) >= 11 is 1.74. The SMILES string of the molecule is CCC(NCc1cc(OC)c(OC)cc1SC)C(C)C. The Morgan fingerprint density at radius 3 is 2.20 bits per heavy atom. The summed E-state index contributed by atoms with van der Waals surface area (Å²) in [7, 11) is 3.35. The number of nitrogens with one attached hydrogen (secondary N) is 1. The molecule has 1 N–H and O–H groups in total. The molecule has 0 aliphatic carbocycles. The van der Waals surface area contributed by atoms with Crippen molar-refractivity contribution in [3.63, 3.8) is 0 Å². The Balaban J connectivity index is 2.93. The Morgan fingerprint density at radius 1 is 1.15 bits per heavy atom. The lowest BCUT2D eigenvalue weighted by Gasteiger charge is -2.22. The Bertz CT molecular complexity index is 421. The van der Waals surface area contributed by atoms with Gasteiger partial charge in [0.25, 0.3) is 0 Å². The zero-order valence-electron chi connectivity index (χ0n) is 13.4. The molecule has 0 aliphatic rings. The van der Waals surface area contributed by atoms with Crippen molar-refractivity contribution in [3.05, 3.63) is 17.7 Å². The van der Waals surface area contributed by atoms with Crippen molar-refractivity contribution < 1.29 is 9.47 Å². The van der Waals surface area contributed by atoms with Gasteiger partial charge in [-0.05, 0) is 36.3 Å². The van der Waals surface area contributed by atoms with Crippen LogP contribution in [0.5, 0.6) is 11.5 Å². The van der Waals surface area contributed by atoms with Crippen LogP contribution in [0.2, 0.25) is 0 Å². The van der Waals surface area contributed by atoms with Gasteiger partial charge in [0, 0.05) is 17.5 Å². The van der Waals surface area contributed by atoms with E-state index in [1.807, 2.05) is 0 Å². The molecule has 1 rings (SSSR count). The third kappa shape index (κ3) is 4.32. The number of benzene rings is 1. The van der Waals surface area contributed by atoms with Crippen LogP contribution in [0.4, 0.5) is 0 Å². The van der Waals surface area contributed by atoms with Gasteiger partial charge in [-0.1, -0.05) is 20.8 Å². The minimum absolute atomic E-state index is 0.540. The molecule has 0 fully saturated rings. The fourth-order valence-electron chi connectivity index (χ4n) is 2.32. The first kappa shape index (κ1) is 17.2. The second kappa shape index (κ2) is 8.42. The molecule has 0 saturated heterocycles. The van der Waals surface area contributed by atoms with E-state index in [2.05, 4.69) is 44.5 Å². The molecule has 1 unspecified atom stereocenters. The molecule has 4 heteroatoms. The van der Waals surface area contributed by atoms with Gasteiger partial charge in [-0.2, -0.15) is 0 Å². The summed E-state index contributed by atoms with van der Waals surface area (Å²) in [5.74, 6) is 2.22. The van der Waals surface area contributed by atoms with Gasteiger partial charge < -0.3 is 14.8 Å². The van der Waals surface area contributed by atoms with Crippen molar-refractivity contribution in [2.45, 2.75) is 44.7 Å². The van der Waals surface area contributed by atoms with Gasteiger partial charge in [0.05, 0.1) is 14.2 Å². The van der Waals surface area contributed by atoms with Gasteiger partial charge in [-0.25, -0.2) is 0 Å². The summed E-state index contributed by atoms with van der Waals surface area (Å²) in [5, 5.41) is 3.64. The Labute approximate surface area is 127 Å². The van der Waals surface area contributed by atoms with E-state index >= 15 is 0 Å². The third-order valence-electron chi connectivity index (χ3n) is 3.59. The van der Waals surface area contributed by atoms with Crippen molar-refractivity contribution in [2.24, 2.45) is 5.92 Å². The molecule has 0 amide bonds. The van der Waals surface area contributed by atoms with Gasteiger partial charge in [0.2, 0.25) is 0 Å². The van der Waals surface area contributed by atoms with E-state index in [1.54, 1.807) is 26.0 Å². The molecule has 0 aromatic heterocycles. The second-order valence-electron chi connectivity index (χ2n) is 5.16. The highest BCUT2D eigenvalue weighted by Crippen LogP contribution is 2.34. The first-order valence-electron chi connectivity index (χ1n) is 7.09. The lowest BCUT2D eigenvalue weighted by Crippen LogP contribution is -2.32. The number of methoxy groups -OCH3 is 2. The quantitative estimate of drug-likeness (QED) is 0.736. The minimum Gasteiger partial charge on any atom is -0.493 e. The van der Waals surface area contributed by atoms with Gasteiger partial charge in [-0.15, -0.1) is 11.8 Å². The van der Waals surface area contributed by atoms with Gasteiger partial charge >= 0.3 is 0 Å². The van der Waals surface area contributed by atoms with Crippen molar-refractivity contribution in [2.75, 3.05) is 20.5 Å². The van der Waals surface area contributed by atoms with Gasteiger partial charge in [0.15, 0.2) is 11.5 Å². The van der Waals surface area contributed by atoms with E-state index in [9.17, 15) is 0 Å². The first-order valence-corrected chi connectivity index (χ1v) is 8.32. The molecule has 0 bridgehead atoms. The Hall–Kier alpha value is -0.870. The van der Waals surface area contributed by atoms with Crippen LogP contribution >= 0.6 is 11.8 Å². The van der Waals surface area contributed by atoms with Crippen LogP contribution in [-0.2, 0) is 6.54 Å². The summed E-state index contributed by atoms with van der Waals surface area (Å²) < 4.78 is 10.8. The Kier molecular flexibility index (Phi) is 7.24. The standard InChI is InChI=1S/C16H27NO2S/c1-7-13(11(2)3)17-10-12-8-14(18-4)15(19-5)9-16(12)20-6/h8-9,11,13,17H,7,10H2,1-6H3. The van der Waals surface area contributed by atoms with Crippen molar-refractivity contribution in [1.82, 2.24) is 5.32 Å². The molecule has 0 aliphatic heterocycles. The predicted molar refractivity (Wildman–Crippen MR) is 87.1 cm³/mol. The lowest BCUT2D eigenvalue weighted by molar-refractivity contribution is 0.352. The summed E-state index contributed by atoms with van der Waals surface area (Å²) in [5.41, 5.74) is 1.26. The van der Waals surface area contributed by atoms with Gasteiger partial charge in [-0.3, -0.25) is 0 Å². The van der Waals surface area contributed by atoms with Crippen LogP contribution in [0, 0.1) is 5.92 Å². The minimum atomic E-state index is 0.540. The average molecular weight is 297 g/mol. The van der Waals surface area contributed by atoms with Gasteiger partial charge in [0.1, 0.15) is 0 Å². The monoisotopic (exact) mass is 297 g/mol. The number of hydrogen-bond donors (Lipinski definition) is 1. The van der Waals surface area contributed by atoms with E-state index in [4.69, 9.17) is 9.47 Å². The zero-order valence-corrected chi connectivity index (χ0v) is 14.3. The maximum absolute atomic E-state index is 5.39. The molecule has 0 saturated carbocycles. The average Bonchev–Trinajstić information content (AvgIpc) is 2.46. The summed E-state index contributed by atoms with van der Waals surface area (Å²) in [6, 6.07) is 4.67. The molecule has 0 heterocycles. The third-order valence-corrected chi connectivity index (χ3v) is 4.41. The molecule has 20 heavy (non-hydrogen) atoms. The Morgan fingerprint density at radius 2 is 1.75 bits per heavy atom. The highest BCUT2D eigenvalue weighted by atomic mass is 32.2. The fourth-order valence-corrected chi connectivity index (χ4v) is 2.94. The number of hydrogen-bond acceptors (Lipinski definition) is 4. The van der Waals surface area contributed by atoms with Crippen LogP contribution in [0.1, 0.15) is 32.8 Å². The summed E-state index contributed by atoms with van der Waals surface area (Å²) in [4.78, 5) is 1.23. The second-order valence-corrected chi connectivity index (χ2v) is 6.01. The van der Waals surface area contributed by atoms with Crippen molar-refractivity contribution in [1.29, 1.82) is 0 Å². The molecule has 1 aromatic carbocycles. The molecule has 3 nitrogen and oxygen atoms in total. The maximum atomic E-state index is 5.39. The van der Waals surface area contributed by atoms with E-state index in [0.717, 1.165) is 24.5 Å². The van der Waals surface area contributed by atoms with Crippen LogP contribution in [0.25, 0.3) is 0 Å². The predicted octanol–water partition coefficient (Wildman–Crippen LogP) is 3.95. The number of ether oxygens (including phenoxy) is 2. The molecule has 1 aromatic rings. The van der Waals surface area contributed by atoms with E-state index in [-0.39, 0.29) is 0 Å². The highest BCUT2D eigenvalue weighted by molar-refractivity contribution is 7.98. The maximum Gasteiger partial charge on any atom is 0.161 e. The van der Waals surface area contributed by atoms with E-state index < -0.39 is 0 Å². The van der Waals surface area contributed by atoms with E-state index in [0.29, 0.717) is 12.0 Å². The van der Waals surface area contributed by atoms with Crippen molar-refractivity contribution in [3.8, 4) is 11.5 Å². The van der Waals surface area contributed by atoms with Crippen molar-refractivity contribution >= 4 is 11.8 Å². The summed E-state index contributed by atoms with van der Waals surface area (Å²) in [6.07, 6.45) is 3.23. The van der Waals surface area contributed by atoms with Crippen LogP contribution in [0.15, 0.2) is 17.0 Å². The number of thioether (sulfide) groups is 1.